The van der Waals surface area contributed by atoms with Crippen molar-refractivity contribution in [2.24, 2.45) is 0 Å². The maximum atomic E-state index is 13.1. The van der Waals surface area contributed by atoms with Crippen LogP contribution in [0.2, 0.25) is 0 Å². The fourth-order valence-corrected chi connectivity index (χ4v) is 4.97. The number of benzene rings is 3. The molecule has 0 bridgehead atoms. The zero-order valence-electron chi connectivity index (χ0n) is 20.8. The number of aromatic nitrogens is 2. The first-order valence-corrected chi connectivity index (χ1v) is 12.2. The molecule has 0 spiro atoms. The topological polar surface area (TPSA) is 76.8 Å². The van der Waals surface area contributed by atoms with Crippen LogP contribution in [-0.2, 0) is 11.3 Å². The second-order valence-corrected chi connectivity index (χ2v) is 9.38. The van der Waals surface area contributed by atoms with Gasteiger partial charge in [-0.2, -0.15) is 0 Å². The van der Waals surface area contributed by atoms with Crippen molar-refractivity contribution in [1.29, 1.82) is 0 Å². The largest absolute Gasteiger partial charge is 0.495 e. The molecule has 0 radical (unpaired) electrons. The van der Waals surface area contributed by atoms with Crippen molar-refractivity contribution >= 4 is 22.6 Å². The number of aliphatic hydroxyl groups is 1. The highest BCUT2D eigenvalue weighted by Crippen LogP contribution is 2.37. The number of amides is 1. The van der Waals surface area contributed by atoms with Crippen LogP contribution in [0.1, 0.15) is 29.3 Å². The van der Waals surface area contributed by atoms with Crippen LogP contribution in [-0.4, -0.2) is 46.9 Å². The summed E-state index contributed by atoms with van der Waals surface area (Å²) >= 11 is 0. The van der Waals surface area contributed by atoms with E-state index in [0.717, 1.165) is 33.9 Å². The van der Waals surface area contributed by atoms with Gasteiger partial charge in [-0.15, -0.1) is 0 Å². The van der Waals surface area contributed by atoms with E-state index >= 15 is 0 Å². The fraction of sp³-hybridized carbons (Fsp3) is 0.310. The van der Waals surface area contributed by atoms with Crippen molar-refractivity contribution < 1.29 is 19.4 Å². The van der Waals surface area contributed by atoms with Crippen LogP contribution in [0.5, 0.6) is 11.5 Å². The summed E-state index contributed by atoms with van der Waals surface area (Å²) in [6, 6.07) is 21.4. The van der Waals surface area contributed by atoms with Crippen molar-refractivity contribution in [1.82, 2.24) is 9.55 Å². The van der Waals surface area contributed by atoms with Gasteiger partial charge < -0.3 is 24.0 Å². The smallest absolute Gasteiger partial charge is 0.227 e. The molecule has 7 heteroatoms. The molecule has 0 saturated carbocycles. The summed E-state index contributed by atoms with van der Waals surface area (Å²) in [4.78, 5) is 19.7. The number of carbonyl (C=O) groups excluding carboxylic acids is 1. The molecule has 1 amide bonds. The first-order valence-electron chi connectivity index (χ1n) is 12.2. The van der Waals surface area contributed by atoms with Crippen molar-refractivity contribution in [3.63, 3.8) is 0 Å². The van der Waals surface area contributed by atoms with Crippen LogP contribution in [0.3, 0.4) is 0 Å². The Morgan fingerprint density at radius 3 is 2.64 bits per heavy atom. The molecule has 1 aromatic heterocycles. The molecule has 3 aromatic carbocycles. The van der Waals surface area contributed by atoms with Gasteiger partial charge in [0.25, 0.3) is 0 Å². The molecule has 2 heterocycles. The minimum absolute atomic E-state index is 0.0295. The van der Waals surface area contributed by atoms with Crippen LogP contribution < -0.4 is 14.4 Å². The molecule has 4 aromatic rings. The SMILES string of the molecule is COc1ccccc1N1CC(c2nc3ccccc3n2CC(O)COc2ccc(C)cc2C)CC1=O. The maximum absolute atomic E-state index is 13.1. The molecule has 5 rings (SSSR count). The number of methoxy groups -OCH3 is 1. The minimum Gasteiger partial charge on any atom is -0.495 e. The van der Waals surface area contributed by atoms with Gasteiger partial charge in [-0.1, -0.05) is 42.0 Å². The number of hydrogen-bond acceptors (Lipinski definition) is 5. The lowest BCUT2D eigenvalue weighted by Crippen LogP contribution is -2.27. The Morgan fingerprint density at radius 1 is 1.06 bits per heavy atom. The summed E-state index contributed by atoms with van der Waals surface area (Å²) in [5, 5.41) is 10.9. The van der Waals surface area contributed by atoms with E-state index in [4.69, 9.17) is 14.5 Å². The molecule has 2 unspecified atom stereocenters. The van der Waals surface area contributed by atoms with E-state index in [1.807, 2.05) is 79.1 Å². The third-order valence-corrected chi connectivity index (χ3v) is 6.71. The summed E-state index contributed by atoms with van der Waals surface area (Å²) in [5.41, 5.74) is 4.75. The molecule has 7 nitrogen and oxygen atoms in total. The highest BCUT2D eigenvalue weighted by atomic mass is 16.5. The van der Waals surface area contributed by atoms with Crippen LogP contribution in [0.4, 0.5) is 5.69 Å². The van der Waals surface area contributed by atoms with Crippen LogP contribution in [0.15, 0.2) is 66.7 Å². The van der Waals surface area contributed by atoms with Crippen molar-refractivity contribution in [3.05, 3.63) is 83.7 Å². The molecule has 1 saturated heterocycles. The summed E-state index contributed by atoms with van der Waals surface area (Å²) < 4.78 is 13.5. The normalized spacial score (nSPS) is 16.5. The van der Waals surface area contributed by atoms with Crippen molar-refractivity contribution in [3.8, 4) is 11.5 Å². The number of fused-ring (bicyclic) bond motifs is 1. The molecule has 1 N–H and O–H groups in total. The number of aryl methyl sites for hydroxylation is 2. The van der Waals surface area contributed by atoms with Crippen LogP contribution >= 0.6 is 0 Å². The lowest BCUT2D eigenvalue weighted by molar-refractivity contribution is -0.117. The fourth-order valence-electron chi connectivity index (χ4n) is 4.97. The Morgan fingerprint density at radius 2 is 1.83 bits per heavy atom. The Hall–Kier alpha value is -3.84. The number of carbonyl (C=O) groups is 1. The summed E-state index contributed by atoms with van der Waals surface area (Å²) in [6.07, 6.45) is -0.402. The number of aliphatic hydroxyl groups excluding tert-OH is 1. The maximum Gasteiger partial charge on any atom is 0.227 e. The second-order valence-electron chi connectivity index (χ2n) is 9.38. The predicted octanol–water partition coefficient (Wildman–Crippen LogP) is 4.62. The average molecular weight is 486 g/mol. The Kier molecular flexibility index (Phi) is 6.65. The van der Waals surface area contributed by atoms with Gasteiger partial charge >= 0.3 is 0 Å². The molecular formula is C29H31N3O4. The van der Waals surface area contributed by atoms with E-state index in [-0.39, 0.29) is 18.4 Å². The van der Waals surface area contributed by atoms with Crippen molar-refractivity contribution in [2.75, 3.05) is 25.2 Å². The van der Waals surface area contributed by atoms with Crippen molar-refractivity contribution in [2.45, 2.75) is 38.8 Å². The van der Waals surface area contributed by atoms with E-state index in [1.165, 1.54) is 5.56 Å². The van der Waals surface area contributed by atoms with Gasteiger partial charge in [0.1, 0.15) is 30.0 Å². The first-order chi connectivity index (χ1) is 17.4. The number of para-hydroxylation sites is 4. The summed E-state index contributed by atoms with van der Waals surface area (Å²) in [7, 11) is 1.61. The first kappa shape index (κ1) is 23.9. The third-order valence-electron chi connectivity index (χ3n) is 6.71. The highest BCUT2D eigenvalue weighted by Gasteiger charge is 2.36. The van der Waals surface area contributed by atoms with Gasteiger partial charge in [0.2, 0.25) is 5.91 Å². The molecule has 1 aliphatic rings. The van der Waals surface area contributed by atoms with E-state index in [1.54, 1.807) is 12.0 Å². The monoisotopic (exact) mass is 485 g/mol. The van der Waals surface area contributed by atoms with Gasteiger partial charge in [0.15, 0.2) is 0 Å². The zero-order chi connectivity index (χ0) is 25.2. The molecule has 1 aliphatic heterocycles. The highest BCUT2D eigenvalue weighted by molar-refractivity contribution is 5.97. The average Bonchev–Trinajstić information content (AvgIpc) is 3.44. The van der Waals surface area contributed by atoms with Gasteiger partial charge in [-0.3, -0.25) is 4.79 Å². The van der Waals surface area contributed by atoms with E-state index < -0.39 is 6.10 Å². The lowest BCUT2D eigenvalue weighted by atomic mass is 10.1. The van der Waals surface area contributed by atoms with Gasteiger partial charge in [-0.05, 0) is 49.7 Å². The summed E-state index contributed by atoms with van der Waals surface area (Å²) in [5.74, 6) is 2.15. The number of hydrogen-bond donors (Lipinski definition) is 1. The Balaban J connectivity index is 1.39. The molecular weight excluding hydrogens is 454 g/mol. The second kappa shape index (κ2) is 10.0. The lowest BCUT2D eigenvalue weighted by Gasteiger charge is -2.20. The Labute approximate surface area is 210 Å². The quantitative estimate of drug-likeness (QED) is 0.394. The summed E-state index contributed by atoms with van der Waals surface area (Å²) in [6.45, 7) is 5.02. The molecule has 36 heavy (non-hydrogen) atoms. The standard InChI is InChI=1S/C29H31N3O4/c1-19-12-13-26(20(2)14-19)36-18-22(33)17-32-24-9-5-4-8-23(24)30-29(32)21-15-28(34)31(16-21)25-10-6-7-11-27(25)35-3/h4-14,21-22,33H,15-18H2,1-3H3. The number of imidazole rings is 1. The zero-order valence-corrected chi connectivity index (χ0v) is 20.8. The molecule has 186 valence electrons. The number of anilines is 1. The van der Waals surface area contributed by atoms with Crippen LogP contribution in [0, 0.1) is 13.8 Å². The Bertz CT molecular complexity index is 1400. The van der Waals surface area contributed by atoms with Gasteiger partial charge in [-0.25, -0.2) is 4.98 Å². The predicted molar refractivity (Wildman–Crippen MR) is 140 cm³/mol. The minimum atomic E-state index is -0.746. The van der Waals surface area contributed by atoms with E-state index in [0.29, 0.717) is 25.3 Å². The number of ether oxygens (including phenoxy) is 2. The van der Waals surface area contributed by atoms with E-state index in [9.17, 15) is 9.90 Å². The molecule has 1 fully saturated rings. The molecule has 2 atom stereocenters. The third kappa shape index (κ3) is 4.66. The number of nitrogens with zero attached hydrogens (tertiary/aromatic N) is 3. The number of rotatable bonds is 8. The van der Waals surface area contributed by atoms with Gasteiger partial charge in [0.05, 0.1) is 30.4 Å². The van der Waals surface area contributed by atoms with E-state index in [2.05, 4.69) is 6.07 Å². The van der Waals surface area contributed by atoms with Crippen LogP contribution in [0.25, 0.3) is 11.0 Å². The molecule has 0 aliphatic carbocycles. The van der Waals surface area contributed by atoms with Gasteiger partial charge in [0, 0.05) is 18.9 Å².